The lowest BCUT2D eigenvalue weighted by atomic mass is 9.72. The highest BCUT2D eigenvalue weighted by molar-refractivity contribution is 5.90. The second-order valence-corrected chi connectivity index (χ2v) is 8.79. The van der Waals surface area contributed by atoms with Crippen LogP contribution in [0.1, 0.15) is 29.9 Å². The molecule has 0 saturated carbocycles. The van der Waals surface area contributed by atoms with Gasteiger partial charge in [-0.15, -0.1) is 0 Å². The van der Waals surface area contributed by atoms with E-state index in [1.54, 1.807) is 12.1 Å². The topological polar surface area (TPSA) is 61.4 Å². The molecule has 2 N–H and O–H groups in total. The fourth-order valence-corrected chi connectivity index (χ4v) is 5.23. The van der Waals surface area contributed by atoms with Gasteiger partial charge in [-0.05, 0) is 46.9 Å². The van der Waals surface area contributed by atoms with Gasteiger partial charge in [0.05, 0.1) is 12.0 Å². The monoisotopic (exact) mass is 431 g/mol. The Balaban J connectivity index is 1.32. The summed E-state index contributed by atoms with van der Waals surface area (Å²) in [6.45, 7) is 1.67. The largest absolute Gasteiger partial charge is 0.342 e. The molecule has 0 aliphatic carbocycles. The van der Waals surface area contributed by atoms with Crippen LogP contribution in [0.25, 0.3) is 10.8 Å². The van der Waals surface area contributed by atoms with E-state index in [1.807, 2.05) is 29.2 Å². The molecule has 1 spiro atoms. The van der Waals surface area contributed by atoms with Gasteiger partial charge in [0.2, 0.25) is 5.91 Å². The van der Waals surface area contributed by atoms with Gasteiger partial charge in [0, 0.05) is 25.6 Å². The van der Waals surface area contributed by atoms with Crippen LogP contribution in [0, 0.1) is 5.82 Å². The maximum atomic E-state index is 13.4. The molecule has 3 amide bonds. The Kier molecular flexibility index (Phi) is 5.29. The van der Waals surface area contributed by atoms with Crippen LogP contribution in [0.4, 0.5) is 9.18 Å². The van der Waals surface area contributed by atoms with Gasteiger partial charge in [-0.2, -0.15) is 0 Å². The second-order valence-electron chi connectivity index (χ2n) is 8.79. The molecule has 5 nitrogen and oxygen atoms in total. The molecule has 0 radical (unpaired) electrons. The third-order valence-electron chi connectivity index (χ3n) is 7.00. The first kappa shape index (κ1) is 20.5. The van der Waals surface area contributed by atoms with Crippen LogP contribution in [0.2, 0.25) is 0 Å². The normalized spacial score (nSPS) is 20.1. The van der Waals surface area contributed by atoms with Gasteiger partial charge >= 0.3 is 6.03 Å². The minimum atomic E-state index is -0.434. The molecule has 0 aromatic heterocycles. The molecule has 0 unspecified atom stereocenters. The average Bonchev–Trinajstić information content (AvgIpc) is 2.81. The highest BCUT2D eigenvalue weighted by Crippen LogP contribution is 2.38. The number of halogens is 1. The summed E-state index contributed by atoms with van der Waals surface area (Å²) in [5, 5.41) is 8.27. The van der Waals surface area contributed by atoms with E-state index >= 15 is 0 Å². The summed E-state index contributed by atoms with van der Waals surface area (Å²) in [6.07, 6.45) is 1.71. The maximum absolute atomic E-state index is 13.4. The molecular formula is C26H26FN3O2. The molecule has 5 rings (SSSR count). The van der Waals surface area contributed by atoms with Crippen LogP contribution >= 0.6 is 0 Å². The Morgan fingerprint density at radius 3 is 2.50 bits per heavy atom. The first-order chi connectivity index (χ1) is 15.5. The summed E-state index contributed by atoms with van der Waals surface area (Å²) in [5.74, 6) is -0.143. The molecule has 32 heavy (non-hydrogen) atoms. The third kappa shape index (κ3) is 3.81. The second kappa shape index (κ2) is 8.26. The summed E-state index contributed by atoms with van der Waals surface area (Å²) in [6, 6.07) is 20.5. The van der Waals surface area contributed by atoms with E-state index in [4.69, 9.17) is 0 Å². The van der Waals surface area contributed by atoms with Crippen molar-refractivity contribution in [3.63, 3.8) is 0 Å². The number of carbonyl (C=O) groups is 2. The Bertz CT molecular complexity index is 1150. The van der Waals surface area contributed by atoms with Gasteiger partial charge in [0.25, 0.3) is 0 Å². The Hall–Kier alpha value is -3.41. The number of likely N-dealkylation sites (tertiary alicyclic amines) is 1. The van der Waals surface area contributed by atoms with Crippen LogP contribution in [0.5, 0.6) is 0 Å². The molecular weight excluding hydrogens is 405 g/mol. The van der Waals surface area contributed by atoms with E-state index in [0.717, 1.165) is 21.9 Å². The van der Waals surface area contributed by atoms with Crippen molar-refractivity contribution in [2.75, 3.05) is 19.6 Å². The number of carbonyl (C=O) groups excluding carboxylic acids is 2. The van der Waals surface area contributed by atoms with Crippen molar-refractivity contribution in [2.45, 2.75) is 30.7 Å². The van der Waals surface area contributed by atoms with Crippen molar-refractivity contribution in [2.24, 2.45) is 0 Å². The number of nitrogens with one attached hydrogen (secondary N) is 2. The zero-order valence-corrected chi connectivity index (χ0v) is 17.8. The summed E-state index contributed by atoms with van der Waals surface area (Å²) in [4.78, 5) is 27.2. The standard InChI is InChI=1S/C26H26FN3O2/c27-21-10-8-19(9-11-21)23-17-28-25(32)29-26(23)12-14-30(15-13-26)24(31)16-20-6-3-5-18-4-1-2-7-22(18)20/h1-11,23H,12-17H2,(H2,28,29,32)/t23-/m1/s1. The van der Waals surface area contributed by atoms with Gasteiger partial charge < -0.3 is 15.5 Å². The number of nitrogens with zero attached hydrogens (tertiary/aromatic N) is 1. The van der Waals surface area contributed by atoms with Gasteiger partial charge in [0.1, 0.15) is 5.82 Å². The van der Waals surface area contributed by atoms with Crippen molar-refractivity contribution >= 4 is 22.7 Å². The van der Waals surface area contributed by atoms with Gasteiger partial charge in [0.15, 0.2) is 0 Å². The number of piperidine rings is 1. The molecule has 2 fully saturated rings. The summed E-state index contributed by atoms with van der Waals surface area (Å²) in [7, 11) is 0. The van der Waals surface area contributed by atoms with Crippen molar-refractivity contribution < 1.29 is 14.0 Å². The number of amides is 3. The molecule has 2 aliphatic heterocycles. The van der Waals surface area contributed by atoms with E-state index < -0.39 is 5.54 Å². The molecule has 1 atom stereocenters. The average molecular weight is 432 g/mol. The smallest absolute Gasteiger partial charge is 0.315 e. The molecule has 164 valence electrons. The van der Waals surface area contributed by atoms with E-state index in [2.05, 4.69) is 28.8 Å². The number of benzene rings is 3. The number of hydrogen-bond acceptors (Lipinski definition) is 2. The lowest BCUT2D eigenvalue weighted by molar-refractivity contribution is -0.132. The maximum Gasteiger partial charge on any atom is 0.315 e. The number of fused-ring (bicyclic) bond motifs is 1. The molecule has 2 aliphatic rings. The summed E-state index contributed by atoms with van der Waals surface area (Å²) in [5.41, 5.74) is 1.60. The van der Waals surface area contributed by atoms with Crippen molar-refractivity contribution in [3.8, 4) is 0 Å². The highest BCUT2D eigenvalue weighted by Gasteiger charge is 2.46. The number of rotatable bonds is 3. The fraction of sp³-hybridized carbons (Fsp3) is 0.308. The number of urea groups is 1. The molecule has 2 heterocycles. The zero-order chi connectivity index (χ0) is 22.1. The lowest BCUT2D eigenvalue weighted by Crippen LogP contribution is -2.66. The van der Waals surface area contributed by atoms with Gasteiger partial charge in [-0.25, -0.2) is 9.18 Å². The van der Waals surface area contributed by atoms with Crippen LogP contribution in [-0.2, 0) is 11.2 Å². The molecule has 3 aromatic carbocycles. The van der Waals surface area contributed by atoms with Crippen LogP contribution in [-0.4, -0.2) is 42.0 Å². The quantitative estimate of drug-likeness (QED) is 0.659. The van der Waals surface area contributed by atoms with Crippen LogP contribution in [0.15, 0.2) is 66.7 Å². The minimum Gasteiger partial charge on any atom is -0.342 e. The van der Waals surface area contributed by atoms with E-state index in [1.165, 1.54) is 12.1 Å². The predicted molar refractivity (Wildman–Crippen MR) is 122 cm³/mol. The Morgan fingerprint density at radius 1 is 1.00 bits per heavy atom. The summed E-state index contributed by atoms with van der Waals surface area (Å²) < 4.78 is 13.4. The van der Waals surface area contributed by atoms with Gasteiger partial charge in [-0.1, -0.05) is 54.6 Å². The first-order valence-electron chi connectivity index (χ1n) is 11.1. The van der Waals surface area contributed by atoms with Crippen LogP contribution in [0.3, 0.4) is 0 Å². The minimum absolute atomic E-state index is 0.0242. The molecule has 6 heteroatoms. The van der Waals surface area contributed by atoms with E-state index in [9.17, 15) is 14.0 Å². The Labute approximate surface area is 186 Å². The third-order valence-corrected chi connectivity index (χ3v) is 7.00. The molecule has 0 bridgehead atoms. The van der Waals surface area contributed by atoms with Crippen LogP contribution < -0.4 is 10.6 Å². The fourth-order valence-electron chi connectivity index (χ4n) is 5.23. The lowest BCUT2D eigenvalue weighted by Gasteiger charge is -2.49. The van der Waals surface area contributed by atoms with Crippen molar-refractivity contribution in [1.29, 1.82) is 0 Å². The van der Waals surface area contributed by atoms with Crippen molar-refractivity contribution in [3.05, 3.63) is 83.7 Å². The highest BCUT2D eigenvalue weighted by atomic mass is 19.1. The first-order valence-corrected chi connectivity index (χ1v) is 11.1. The number of hydrogen-bond donors (Lipinski definition) is 2. The van der Waals surface area contributed by atoms with E-state index in [0.29, 0.717) is 38.9 Å². The van der Waals surface area contributed by atoms with Gasteiger partial charge in [-0.3, -0.25) is 4.79 Å². The Morgan fingerprint density at radius 2 is 1.72 bits per heavy atom. The SMILES string of the molecule is O=C1NC[C@H](c2ccc(F)cc2)C2(CCN(C(=O)Cc3cccc4ccccc34)CC2)N1. The zero-order valence-electron chi connectivity index (χ0n) is 17.8. The summed E-state index contributed by atoms with van der Waals surface area (Å²) >= 11 is 0. The predicted octanol–water partition coefficient (Wildman–Crippen LogP) is 3.98. The molecule has 3 aromatic rings. The van der Waals surface area contributed by atoms with E-state index in [-0.39, 0.29) is 23.7 Å². The molecule has 2 saturated heterocycles. The van der Waals surface area contributed by atoms with Crippen molar-refractivity contribution in [1.82, 2.24) is 15.5 Å².